The van der Waals surface area contributed by atoms with Crippen LogP contribution in [0.1, 0.15) is 32.3 Å². The molecule has 1 aliphatic heterocycles. The van der Waals surface area contributed by atoms with Crippen molar-refractivity contribution in [2.45, 2.75) is 39.2 Å². The van der Waals surface area contributed by atoms with Gasteiger partial charge in [0.2, 0.25) is 0 Å². The molecule has 0 saturated heterocycles. The predicted molar refractivity (Wildman–Crippen MR) is 74.4 cm³/mol. The number of fused-ring (bicyclic) bond motifs is 1. The summed E-state index contributed by atoms with van der Waals surface area (Å²) in [6, 6.07) is 6.27. The summed E-state index contributed by atoms with van der Waals surface area (Å²) in [5.41, 5.74) is 2.22. The van der Waals surface area contributed by atoms with Crippen LogP contribution in [0.25, 0.3) is 0 Å². The van der Waals surface area contributed by atoms with E-state index >= 15 is 0 Å². The lowest BCUT2D eigenvalue weighted by atomic mass is 9.93. The van der Waals surface area contributed by atoms with Crippen molar-refractivity contribution in [3.05, 3.63) is 23.8 Å². The number of aryl methyl sites for hydroxylation is 1. The van der Waals surface area contributed by atoms with E-state index in [-0.39, 0.29) is 12.2 Å². The first-order chi connectivity index (χ1) is 8.64. The van der Waals surface area contributed by atoms with Crippen LogP contribution in [0.3, 0.4) is 0 Å². The molecule has 0 atom stereocenters. The maximum absolute atomic E-state index is 9.25. The molecule has 1 aromatic carbocycles. The number of aliphatic hydroxyl groups is 1. The van der Waals surface area contributed by atoms with Gasteiger partial charge >= 0.3 is 0 Å². The zero-order chi connectivity index (χ0) is 13.2. The maximum Gasteiger partial charge on any atom is 0.143 e. The second-order valence-corrected chi connectivity index (χ2v) is 5.11. The van der Waals surface area contributed by atoms with Crippen molar-refractivity contribution in [3.8, 4) is 5.75 Å². The van der Waals surface area contributed by atoms with Crippen LogP contribution in [0, 0.1) is 6.92 Å². The van der Waals surface area contributed by atoms with Gasteiger partial charge in [-0.25, -0.2) is 0 Å². The first kappa shape index (κ1) is 13.2. The molecule has 0 bridgehead atoms. The van der Waals surface area contributed by atoms with Crippen LogP contribution < -0.4 is 9.64 Å². The van der Waals surface area contributed by atoms with Gasteiger partial charge in [0.15, 0.2) is 0 Å². The molecule has 3 nitrogen and oxygen atoms in total. The molecule has 0 aromatic heterocycles. The van der Waals surface area contributed by atoms with Crippen molar-refractivity contribution in [1.29, 1.82) is 0 Å². The summed E-state index contributed by atoms with van der Waals surface area (Å²) in [5, 5.41) is 9.25. The fraction of sp³-hybridized carbons (Fsp3) is 0.600. The molecule has 0 spiro atoms. The Morgan fingerprint density at radius 1 is 1.33 bits per heavy atom. The Balaban J connectivity index is 2.39. The Labute approximate surface area is 109 Å². The van der Waals surface area contributed by atoms with E-state index in [1.165, 1.54) is 5.56 Å². The number of benzene rings is 1. The Morgan fingerprint density at radius 2 is 2.06 bits per heavy atom. The lowest BCUT2D eigenvalue weighted by molar-refractivity contribution is 0.0564. The number of hydrogen-bond acceptors (Lipinski definition) is 3. The Hall–Kier alpha value is -1.22. The third kappa shape index (κ3) is 2.32. The normalized spacial score (nSPS) is 17.2. The van der Waals surface area contributed by atoms with E-state index in [2.05, 4.69) is 37.8 Å². The fourth-order valence-electron chi connectivity index (χ4n) is 2.60. The van der Waals surface area contributed by atoms with Crippen molar-refractivity contribution in [3.63, 3.8) is 0 Å². The largest absolute Gasteiger partial charge is 0.483 e. The van der Waals surface area contributed by atoms with Crippen LogP contribution >= 0.6 is 0 Å². The van der Waals surface area contributed by atoms with Gasteiger partial charge in [0, 0.05) is 6.54 Å². The summed E-state index contributed by atoms with van der Waals surface area (Å²) in [5.74, 6) is 0.948. The highest BCUT2D eigenvalue weighted by molar-refractivity contribution is 5.62. The highest BCUT2D eigenvalue weighted by atomic mass is 16.5. The van der Waals surface area contributed by atoms with Gasteiger partial charge < -0.3 is 14.7 Å². The fourth-order valence-corrected chi connectivity index (χ4v) is 2.60. The second-order valence-electron chi connectivity index (χ2n) is 5.11. The first-order valence-electron chi connectivity index (χ1n) is 6.79. The van der Waals surface area contributed by atoms with Crippen LogP contribution in [-0.2, 0) is 0 Å². The van der Waals surface area contributed by atoms with Gasteiger partial charge in [-0.2, -0.15) is 0 Å². The minimum Gasteiger partial charge on any atom is -0.483 e. The topological polar surface area (TPSA) is 32.7 Å². The van der Waals surface area contributed by atoms with Gasteiger partial charge in [-0.05, 0) is 37.5 Å². The summed E-state index contributed by atoms with van der Waals surface area (Å²) in [4.78, 5) is 2.25. The van der Waals surface area contributed by atoms with E-state index in [0.29, 0.717) is 6.54 Å². The molecule has 0 unspecified atom stereocenters. The summed E-state index contributed by atoms with van der Waals surface area (Å²) in [6.45, 7) is 8.12. The van der Waals surface area contributed by atoms with Crippen molar-refractivity contribution >= 4 is 5.69 Å². The van der Waals surface area contributed by atoms with E-state index in [0.717, 1.165) is 30.8 Å². The number of hydrogen-bond donors (Lipinski definition) is 1. The number of rotatable bonds is 4. The third-order valence-corrected chi connectivity index (χ3v) is 3.92. The Kier molecular flexibility index (Phi) is 3.81. The van der Waals surface area contributed by atoms with Crippen LogP contribution in [0.2, 0.25) is 0 Å². The summed E-state index contributed by atoms with van der Waals surface area (Å²) in [6.07, 6.45) is 1.97. The number of aliphatic hydroxyl groups excluding tert-OH is 1. The number of nitrogens with zero attached hydrogens (tertiary/aromatic N) is 1. The molecule has 0 aliphatic carbocycles. The smallest absolute Gasteiger partial charge is 0.143 e. The van der Waals surface area contributed by atoms with Crippen molar-refractivity contribution in [2.24, 2.45) is 0 Å². The molecule has 1 aromatic rings. The van der Waals surface area contributed by atoms with Gasteiger partial charge in [-0.15, -0.1) is 0 Å². The molecule has 2 rings (SSSR count). The van der Waals surface area contributed by atoms with Crippen molar-refractivity contribution in [2.75, 3.05) is 24.6 Å². The highest BCUT2D eigenvalue weighted by Crippen LogP contribution is 2.39. The molecule has 0 fully saturated rings. The van der Waals surface area contributed by atoms with Gasteiger partial charge in [0.05, 0.1) is 18.8 Å². The van der Waals surface area contributed by atoms with Gasteiger partial charge in [0.25, 0.3) is 0 Å². The standard InChI is InChI=1S/C15H23NO2/c1-4-15(5-2)11-16(8-9-17)13-10-12(3)6-7-14(13)18-15/h6-7,10,17H,4-5,8-9,11H2,1-3H3. The van der Waals surface area contributed by atoms with Crippen molar-refractivity contribution in [1.82, 2.24) is 0 Å². The number of anilines is 1. The summed E-state index contributed by atoms with van der Waals surface area (Å²) in [7, 11) is 0. The molecule has 1 N–H and O–H groups in total. The third-order valence-electron chi connectivity index (χ3n) is 3.92. The van der Waals surface area contributed by atoms with E-state index in [1.807, 2.05) is 6.07 Å². The van der Waals surface area contributed by atoms with Gasteiger partial charge in [-0.3, -0.25) is 0 Å². The molecule has 1 heterocycles. The molecule has 1 aliphatic rings. The maximum atomic E-state index is 9.25. The molecular formula is C15H23NO2. The van der Waals surface area contributed by atoms with E-state index in [1.54, 1.807) is 0 Å². The Bertz CT molecular complexity index is 413. The lowest BCUT2D eigenvalue weighted by Crippen LogP contribution is -2.51. The van der Waals surface area contributed by atoms with Crippen LogP contribution in [0.5, 0.6) is 5.75 Å². The van der Waals surface area contributed by atoms with Gasteiger partial charge in [-0.1, -0.05) is 19.9 Å². The van der Waals surface area contributed by atoms with Crippen molar-refractivity contribution < 1.29 is 9.84 Å². The second kappa shape index (κ2) is 5.19. The molecule has 0 radical (unpaired) electrons. The molecule has 3 heteroatoms. The minimum atomic E-state index is -0.114. The molecule has 18 heavy (non-hydrogen) atoms. The first-order valence-corrected chi connectivity index (χ1v) is 6.79. The average molecular weight is 249 g/mol. The molecular weight excluding hydrogens is 226 g/mol. The lowest BCUT2D eigenvalue weighted by Gasteiger charge is -2.44. The minimum absolute atomic E-state index is 0.114. The van der Waals surface area contributed by atoms with Crippen LogP contribution in [-0.4, -0.2) is 30.4 Å². The summed E-state index contributed by atoms with van der Waals surface area (Å²) < 4.78 is 6.23. The summed E-state index contributed by atoms with van der Waals surface area (Å²) >= 11 is 0. The zero-order valence-electron chi connectivity index (χ0n) is 11.6. The van der Waals surface area contributed by atoms with E-state index in [4.69, 9.17) is 4.74 Å². The molecule has 0 saturated carbocycles. The monoisotopic (exact) mass is 249 g/mol. The van der Waals surface area contributed by atoms with Crippen LogP contribution in [0.15, 0.2) is 18.2 Å². The van der Waals surface area contributed by atoms with Gasteiger partial charge in [0.1, 0.15) is 11.4 Å². The van der Waals surface area contributed by atoms with E-state index < -0.39 is 0 Å². The number of β-amino-alcohol motifs (C(OH)–C–C–N with tert-alkyl or cyclic N) is 1. The quantitative estimate of drug-likeness (QED) is 0.890. The number of ether oxygens (including phenoxy) is 1. The predicted octanol–water partition coefficient (Wildman–Crippen LogP) is 2.74. The SMILES string of the molecule is CCC1(CC)CN(CCO)c2cc(C)ccc2O1. The average Bonchev–Trinajstić information content (AvgIpc) is 2.39. The van der Waals surface area contributed by atoms with E-state index in [9.17, 15) is 5.11 Å². The zero-order valence-corrected chi connectivity index (χ0v) is 11.6. The van der Waals surface area contributed by atoms with Crippen LogP contribution in [0.4, 0.5) is 5.69 Å². The molecule has 0 amide bonds. The molecule has 100 valence electrons. The Morgan fingerprint density at radius 3 is 2.67 bits per heavy atom. The highest BCUT2D eigenvalue weighted by Gasteiger charge is 2.36.